The molecule has 1 aromatic rings. The molecule has 2 rings (SSSR count). The quantitative estimate of drug-likeness (QED) is 0.606. The Bertz CT molecular complexity index is 654. The second-order valence-electron chi connectivity index (χ2n) is 5.40. The van der Waals surface area contributed by atoms with Crippen LogP contribution in [0.3, 0.4) is 0 Å². The zero-order chi connectivity index (χ0) is 17.7. The van der Waals surface area contributed by atoms with Crippen molar-refractivity contribution in [1.29, 1.82) is 0 Å². The molecule has 0 aromatic heterocycles. The number of esters is 1. The lowest BCUT2D eigenvalue weighted by Gasteiger charge is -2.15. The van der Waals surface area contributed by atoms with E-state index in [9.17, 15) is 14.4 Å². The molecular weight excluding hydrogens is 348 g/mol. The number of amides is 2. The molecule has 0 aliphatic carbocycles. The lowest BCUT2D eigenvalue weighted by molar-refractivity contribution is -0.126. The smallest absolute Gasteiger partial charge is 0.338 e. The largest absolute Gasteiger partial charge is 0.452 e. The monoisotopic (exact) mass is 366 g/mol. The SMILES string of the molecule is Cc1cc(C)cc(C(=O)OCC(=O)NCCN2C(=O)CSC2=S)c1. The number of thiocarbonyl (C=S) groups is 1. The molecule has 1 fully saturated rings. The van der Waals surface area contributed by atoms with Gasteiger partial charge in [0, 0.05) is 13.1 Å². The van der Waals surface area contributed by atoms with E-state index in [4.69, 9.17) is 17.0 Å². The molecule has 0 spiro atoms. The molecule has 0 atom stereocenters. The van der Waals surface area contributed by atoms with Crippen LogP contribution in [0.2, 0.25) is 0 Å². The highest BCUT2D eigenvalue weighted by atomic mass is 32.2. The number of ether oxygens (including phenoxy) is 1. The van der Waals surface area contributed by atoms with Gasteiger partial charge in [0.1, 0.15) is 4.32 Å². The second kappa shape index (κ2) is 8.25. The molecule has 8 heteroatoms. The minimum absolute atomic E-state index is 0.0551. The highest BCUT2D eigenvalue weighted by Gasteiger charge is 2.25. The molecule has 24 heavy (non-hydrogen) atoms. The zero-order valence-electron chi connectivity index (χ0n) is 13.5. The lowest BCUT2D eigenvalue weighted by Crippen LogP contribution is -2.38. The summed E-state index contributed by atoms with van der Waals surface area (Å²) in [6.07, 6.45) is 0. The number of aryl methyl sites for hydroxylation is 2. The summed E-state index contributed by atoms with van der Waals surface area (Å²) in [5.41, 5.74) is 2.33. The summed E-state index contributed by atoms with van der Waals surface area (Å²) < 4.78 is 5.53. The lowest BCUT2D eigenvalue weighted by atomic mass is 10.1. The molecule has 1 N–H and O–H groups in total. The summed E-state index contributed by atoms with van der Waals surface area (Å²) >= 11 is 6.36. The van der Waals surface area contributed by atoms with Crippen molar-refractivity contribution in [3.63, 3.8) is 0 Å². The average molecular weight is 366 g/mol. The topological polar surface area (TPSA) is 75.7 Å². The number of nitrogens with one attached hydrogen (secondary N) is 1. The van der Waals surface area contributed by atoms with E-state index >= 15 is 0 Å². The fraction of sp³-hybridized carbons (Fsp3) is 0.375. The van der Waals surface area contributed by atoms with Crippen molar-refractivity contribution in [1.82, 2.24) is 10.2 Å². The average Bonchev–Trinajstić information content (AvgIpc) is 2.83. The normalized spacial score (nSPS) is 14.0. The van der Waals surface area contributed by atoms with Crippen LogP contribution in [-0.4, -0.2) is 52.5 Å². The third kappa shape index (κ3) is 5.04. The Labute approximate surface area is 149 Å². The minimum Gasteiger partial charge on any atom is -0.452 e. The van der Waals surface area contributed by atoms with Crippen molar-refractivity contribution in [2.24, 2.45) is 0 Å². The molecule has 1 aliphatic heterocycles. The van der Waals surface area contributed by atoms with Gasteiger partial charge in [-0.3, -0.25) is 14.5 Å². The van der Waals surface area contributed by atoms with Gasteiger partial charge in [-0.25, -0.2) is 4.79 Å². The first-order valence-corrected chi connectivity index (χ1v) is 8.75. The molecule has 6 nitrogen and oxygen atoms in total. The molecule has 1 heterocycles. The van der Waals surface area contributed by atoms with E-state index in [1.165, 1.54) is 16.7 Å². The molecule has 0 bridgehead atoms. The molecule has 0 unspecified atom stereocenters. The molecule has 0 saturated carbocycles. The van der Waals surface area contributed by atoms with Gasteiger partial charge in [-0.15, -0.1) is 0 Å². The van der Waals surface area contributed by atoms with E-state index in [-0.39, 0.29) is 19.1 Å². The Morgan fingerprint density at radius 2 is 1.96 bits per heavy atom. The summed E-state index contributed by atoms with van der Waals surface area (Å²) in [5, 5.41) is 2.60. The molecule has 1 aliphatic rings. The predicted molar refractivity (Wildman–Crippen MR) is 96.0 cm³/mol. The maximum atomic E-state index is 11.9. The van der Waals surface area contributed by atoms with Crippen LogP contribution in [0.4, 0.5) is 0 Å². The van der Waals surface area contributed by atoms with E-state index in [0.717, 1.165) is 11.1 Å². The first kappa shape index (κ1) is 18.4. The summed E-state index contributed by atoms with van der Waals surface area (Å²) in [6, 6.07) is 5.38. The fourth-order valence-corrected chi connectivity index (χ4v) is 3.38. The van der Waals surface area contributed by atoms with Crippen molar-refractivity contribution in [3.05, 3.63) is 34.9 Å². The van der Waals surface area contributed by atoms with Gasteiger partial charge in [0.25, 0.3) is 5.91 Å². The van der Waals surface area contributed by atoms with E-state index < -0.39 is 11.9 Å². The van der Waals surface area contributed by atoms with Gasteiger partial charge in [-0.1, -0.05) is 41.2 Å². The van der Waals surface area contributed by atoms with Crippen LogP contribution in [0.5, 0.6) is 0 Å². The number of rotatable bonds is 6. The van der Waals surface area contributed by atoms with Gasteiger partial charge < -0.3 is 10.1 Å². The number of carbonyl (C=O) groups excluding carboxylic acids is 3. The van der Waals surface area contributed by atoms with Gasteiger partial charge in [0.15, 0.2) is 6.61 Å². The van der Waals surface area contributed by atoms with Crippen LogP contribution < -0.4 is 5.32 Å². The Kier molecular flexibility index (Phi) is 6.33. The summed E-state index contributed by atoms with van der Waals surface area (Å²) in [4.78, 5) is 36.7. The van der Waals surface area contributed by atoms with E-state index in [2.05, 4.69) is 5.32 Å². The highest BCUT2D eigenvalue weighted by Crippen LogP contribution is 2.18. The maximum Gasteiger partial charge on any atom is 0.338 e. The first-order chi connectivity index (χ1) is 11.4. The molecule has 2 amide bonds. The van der Waals surface area contributed by atoms with E-state index in [0.29, 0.717) is 22.2 Å². The van der Waals surface area contributed by atoms with Gasteiger partial charge in [0.05, 0.1) is 11.3 Å². The number of hydrogen-bond acceptors (Lipinski definition) is 6. The highest BCUT2D eigenvalue weighted by molar-refractivity contribution is 8.23. The minimum atomic E-state index is -0.538. The summed E-state index contributed by atoms with van der Waals surface area (Å²) in [6.45, 7) is 3.99. The predicted octanol–water partition coefficient (Wildman–Crippen LogP) is 1.44. The second-order valence-corrected chi connectivity index (χ2v) is 7.01. The Balaban J connectivity index is 1.73. The van der Waals surface area contributed by atoms with Crippen LogP contribution in [0.25, 0.3) is 0 Å². The third-order valence-electron chi connectivity index (χ3n) is 3.29. The number of thioether (sulfide) groups is 1. The molecule has 1 saturated heterocycles. The molecular formula is C16H18N2O4S2. The zero-order valence-corrected chi connectivity index (χ0v) is 15.1. The maximum absolute atomic E-state index is 11.9. The molecule has 128 valence electrons. The number of hydrogen-bond donors (Lipinski definition) is 1. The number of benzene rings is 1. The van der Waals surface area contributed by atoms with Crippen LogP contribution >= 0.6 is 24.0 Å². The van der Waals surface area contributed by atoms with Crippen molar-refractivity contribution >= 4 is 46.1 Å². The first-order valence-electron chi connectivity index (χ1n) is 7.36. The van der Waals surface area contributed by atoms with E-state index in [1.54, 1.807) is 12.1 Å². The molecule has 1 aromatic carbocycles. The van der Waals surface area contributed by atoms with Gasteiger partial charge in [-0.2, -0.15) is 0 Å². The standard InChI is InChI=1S/C16H18N2O4S2/c1-10-5-11(2)7-12(6-10)15(21)22-8-13(19)17-3-4-18-14(20)9-24-16(18)23/h5-7H,3-4,8-9H2,1-2H3,(H,17,19). The van der Waals surface area contributed by atoms with Crippen molar-refractivity contribution in [3.8, 4) is 0 Å². The summed E-state index contributed by atoms with van der Waals surface area (Å²) in [7, 11) is 0. The van der Waals surface area contributed by atoms with Crippen LogP contribution in [0.1, 0.15) is 21.5 Å². The van der Waals surface area contributed by atoms with Crippen molar-refractivity contribution in [2.45, 2.75) is 13.8 Å². The number of carbonyl (C=O) groups is 3. The van der Waals surface area contributed by atoms with E-state index in [1.807, 2.05) is 19.9 Å². The third-order valence-corrected chi connectivity index (χ3v) is 4.72. The van der Waals surface area contributed by atoms with Crippen LogP contribution in [0, 0.1) is 13.8 Å². The van der Waals surface area contributed by atoms with Gasteiger partial charge in [-0.05, 0) is 26.0 Å². The van der Waals surface area contributed by atoms with Crippen molar-refractivity contribution < 1.29 is 19.1 Å². The van der Waals surface area contributed by atoms with Crippen LogP contribution in [-0.2, 0) is 14.3 Å². The molecule has 0 radical (unpaired) electrons. The van der Waals surface area contributed by atoms with Gasteiger partial charge in [0.2, 0.25) is 5.91 Å². The fourth-order valence-electron chi connectivity index (χ4n) is 2.26. The van der Waals surface area contributed by atoms with Gasteiger partial charge >= 0.3 is 5.97 Å². The number of nitrogens with zero attached hydrogens (tertiary/aromatic N) is 1. The van der Waals surface area contributed by atoms with Crippen molar-refractivity contribution in [2.75, 3.05) is 25.4 Å². The Hall–Kier alpha value is -1.93. The Morgan fingerprint density at radius 3 is 2.54 bits per heavy atom. The van der Waals surface area contributed by atoms with Crippen LogP contribution in [0.15, 0.2) is 18.2 Å². The Morgan fingerprint density at radius 1 is 1.29 bits per heavy atom. The summed E-state index contributed by atoms with van der Waals surface area (Å²) in [5.74, 6) is -0.664.